The van der Waals surface area contributed by atoms with Crippen molar-refractivity contribution in [1.82, 2.24) is 15.4 Å². The Bertz CT molecular complexity index is 367. The van der Waals surface area contributed by atoms with Gasteiger partial charge in [0.15, 0.2) is 0 Å². The van der Waals surface area contributed by atoms with Crippen LogP contribution in [0.5, 0.6) is 0 Å². The number of hydrazine groups is 1. The van der Waals surface area contributed by atoms with Crippen molar-refractivity contribution in [2.75, 3.05) is 31.1 Å². The van der Waals surface area contributed by atoms with Crippen LogP contribution in [0.4, 0.5) is 5.82 Å². The van der Waals surface area contributed by atoms with Crippen molar-refractivity contribution < 1.29 is 0 Å². The molecule has 0 atom stereocenters. The lowest BCUT2D eigenvalue weighted by molar-refractivity contribution is 0.119. The van der Waals surface area contributed by atoms with Gasteiger partial charge < -0.3 is 4.90 Å². The van der Waals surface area contributed by atoms with Gasteiger partial charge in [-0.1, -0.05) is 12.5 Å². The van der Waals surface area contributed by atoms with Gasteiger partial charge in [0.2, 0.25) is 0 Å². The molecular weight excluding hydrogens is 236 g/mol. The summed E-state index contributed by atoms with van der Waals surface area (Å²) in [5.74, 6) is 1.12. The summed E-state index contributed by atoms with van der Waals surface area (Å²) in [5.41, 5.74) is 3.72. The van der Waals surface area contributed by atoms with Gasteiger partial charge in [0.25, 0.3) is 0 Å². The fourth-order valence-corrected chi connectivity index (χ4v) is 3.06. The lowest BCUT2D eigenvalue weighted by atomic mass is 10.1. The number of nitrogens with zero attached hydrogens (tertiary/aromatic N) is 3. The molecule has 1 aromatic rings. The average molecular weight is 260 g/mol. The average Bonchev–Trinajstić information content (AvgIpc) is 2.50. The van der Waals surface area contributed by atoms with E-state index in [2.05, 4.69) is 32.5 Å². The monoisotopic (exact) mass is 260 g/mol. The van der Waals surface area contributed by atoms with Crippen LogP contribution >= 0.6 is 0 Å². The number of aromatic nitrogens is 1. The van der Waals surface area contributed by atoms with Crippen LogP contribution in [-0.2, 0) is 0 Å². The topological polar surface area (TPSA) is 31.4 Å². The minimum absolute atomic E-state index is 0.651. The van der Waals surface area contributed by atoms with Gasteiger partial charge in [-0.25, -0.2) is 9.99 Å². The summed E-state index contributed by atoms with van der Waals surface area (Å²) in [6, 6.07) is 6.81. The quantitative estimate of drug-likeness (QED) is 0.901. The standard InChI is InChI=1S/C15H24N4/c1-4-10-19(11-5-1)17-14-7-12-18(13-8-14)15-6-2-3-9-16-15/h2-3,6,9,14,17H,1,4-5,7-8,10-13H2. The fourth-order valence-electron chi connectivity index (χ4n) is 3.06. The lowest BCUT2D eigenvalue weighted by Crippen LogP contribution is -2.51. The molecule has 0 unspecified atom stereocenters. The van der Waals surface area contributed by atoms with Crippen LogP contribution in [0, 0.1) is 0 Å². The first-order chi connectivity index (χ1) is 9.42. The Kier molecular flexibility index (Phi) is 4.30. The van der Waals surface area contributed by atoms with Gasteiger partial charge in [0, 0.05) is 38.4 Å². The van der Waals surface area contributed by atoms with E-state index >= 15 is 0 Å². The van der Waals surface area contributed by atoms with Gasteiger partial charge >= 0.3 is 0 Å². The molecule has 0 amide bonds. The molecule has 2 aliphatic heterocycles. The van der Waals surface area contributed by atoms with Crippen LogP contribution in [0.2, 0.25) is 0 Å². The smallest absolute Gasteiger partial charge is 0.128 e. The van der Waals surface area contributed by atoms with E-state index in [1.165, 1.54) is 45.2 Å². The van der Waals surface area contributed by atoms with E-state index in [-0.39, 0.29) is 0 Å². The maximum atomic E-state index is 4.44. The third-order valence-electron chi connectivity index (χ3n) is 4.19. The van der Waals surface area contributed by atoms with Gasteiger partial charge in [-0.2, -0.15) is 0 Å². The Hall–Kier alpha value is -1.13. The van der Waals surface area contributed by atoms with E-state index in [1.807, 2.05) is 12.3 Å². The van der Waals surface area contributed by atoms with E-state index in [0.717, 1.165) is 18.9 Å². The van der Waals surface area contributed by atoms with Crippen LogP contribution in [0.1, 0.15) is 32.1 Å². The maximum absolute atomic E-state index is 4.44. The van der Waals surface area contributed by atoms with Crippen molar-refractivity contribution in [3.8, 4) is 0 Å². The van der Waals surface area contributed by atoms with Gasteiger partial charge in [0.05, 0.1) is 0 Å². The van der Waals surface area contributed by atoms with Gasteiger partial charge in [-0.15, -0.1) is 0 Å². The molecule has 0 saturated carbocycles. The zero-order valence-corrected chi connectivity index (χ0v) is 11.6. The predicted molar refractivity (Wildman–Crippen MR) is 78.0 cm³/mol. The van der Waals surface area contributed by atoms with E-state index in [0.29, 0.717) is 6.04 Å². The second kappa shape index (κ2) is 6.35. The van der Waals surface area contributed by atoms with Gasteiger partial charge in [-0.3, -0.25) is 5.43 Å². The van der Waals surface area contributed by atoms with Crippen LogP contribution in [0.15, 0.2) is 24.4 Å². The van der Waals surface area contributed by atoms with E-state index in [1.54, 1.807) is 0 Å². The van der Waals surface area contributed by atoms with Gasteiger partial charge in [0.1, 0.15) is 5.82 Å². The van der Waals surface area contributed by atoms with Crippen LogP contribution in [0.3, 0.4) is 0 Å². The Balaban J connectivity index is 1.46. The molecule has 104 valence electrons. The Morgan fingerprint density at radius 2 is 1.79 bits per heavy atom. The van der Waals surface area contributed by atoms with E-state index in [4.69, 9.17) is 0 Å². The summed E-state index contributed by atoms with van der Waals surface area (Å²) in [7, 11) is 0. The highest BCUT2D eigenvalue weighted by molar-refractivity contribution is 5.38. The number of pyridine rings is 1. The zero-order chi connectivity index (χ0) is 12.9. The number of hydrogen-bond donors (Lipinski definition) is 1. The normalized spacial score (nSPS) is 22.6. The van der Waals surface area contributed by atoms with Crippen LogP contribution < -0.4 is 10.3 Å². The van der Waals surface area contributed by atoms with Crippen LogP contribution in [0.25, 0.3) is 0 Å². The lowest BCUT2D eigenvalue weighted by Gasteiger charge is -2.37. The molecule has 3 rings (SSSR count). The number of hydrogen-bond acceptors (Lipinski definition) is 4. The molecule has 19 heavy (non-hydrogen) atoms. The summed E-state index contributed by atoms with van der Waals surface area (Å²) in [4.78, 5) is 6.84. The van der Waals surface area contributed by atoms with Crippen molar-refractivity contribution in [3.63, 3.8) is 0 Å². The first-order valence-corrected chi connectivity index (χ1v) is 7.59. The second-order valence-electron chi connectivity index (χ2n) is 5.63. The first kappa shape index (κ1) is 12.9. The van der Waals surface area contributed by atoms with Crippen LogP contribution in [-0.4, -0.2) is 42.2 Å². The molecule has 1 N–H and O–H groups in total. The molecule has 0 radical (unpaired) electrons. The van der Waals surface area contributed by atoms with Crippen molar-refractivity contribution in [2.45, 2.75) is 38.1 Å². The Morgan fingerprint density at radius 1 is 1.00 bits per heavy atom. The summed E-state index contributed by atoms with van der Waals surface area (Å²) < 4.78 is 0. The molecule has 0 bridgehead atoms. The molecule has 0 spiro atoms. The third kappa shape index (κ3) is 3.45. The highest BCUT2D eigenvalue weighted by Gasteiger charge is 2.22. The number of rotatable bonds is 3. The molecule has 2 aliphatic rings. The Labute approximate surface area is 115 Å². The largest absolute Gasteiger partial charge is 0.357 e. The SMILES string of the molecule is c1ccc(N2CCC(NN3CCCCC3)CC2)nc1. The molecular formula is C15H24N4. The molecule has 2 fully saturated rings. The zero-order valence-electron chi connectivity index (χ0n) is 11.6. The molecule has 0 aromatic carbocycles. The fraction of sp³-hybridized carbons (Fsp3) is 0.667. The molecule has 4 heteroatoms. The summed E-state index contributed by atoms with van der Waals surface area (Å²) in [6.07, 6.45) is 8.41. The highest BCUT2D eigenvalue weighted by Crippen LogP contribution is 2.18. The van der Waals surface area contributed by atoms with Crippen molar-refractivity contribution in [3.05, 3.63) is 24.4 Å². The third-order valence-corrected chi connectivity index (χ3v) is 4.19. The highest BCUT2D eigenvalue weighted by atomic mass is 15.5. The first-order valence-electron chi connectivity index (χ1n) is 7.59. The maximum Gasteiger partial charge on any atom is 0.128 e. The van der Waals surface area contributed by atoms with Gasteiger partial charge in [-0.05, 0) is 37.8 Å². The van der Waals surface area contributed by atoms with Crippen molar-refractivity contribution in [2.24, 2.45) is 0 Å². The molecule has 2 saturated heterocycles. The number of piperidine rings is 2. The number of anilines is 1. The van der Waals surface area contributed by atoms with Crippen molar-refractivity contribution >= 4 is 5.82 Å². The minimum Gasteiger partial charge on any atom is -0.357 e. The molecule has 1 aromatic heterocycles. The predicted octanol–water partition coefficient (Wildman–Crippen LogP) is 2.04. The Morgan fingerprint density at radius 3 is 2.47 bits per heavy atom. The summed E-state index contributed by atoms with van der Waals surface area (Å²) in [6.45, 7) is 4.67. The van der Waals surface area contributed by atoms with E-state index in [9.17, 15) is 0 Å². The van der Waals surface area contributed by atoms with E-state index < -0.39 is 0 Å². The second-order valence-corrected chi connectivity index (χ2v) is 5.63. The summed E-state index contributed by atoms with van der Waals surface area (Å²) in [5, 5.41) is 2.44. The molecule has 4 nitrogen and oxygen atoms in total. The minimum atomic E-state index is 0.651. The van der Waals surface area contributed by atoms with Crippen molar-refractivity contribution in [1.29, 1.82) is 0 Å². The summed E-state index contributed by atoms with van der Waals surface area (Å²) >= 11 is 0. The molecule has 3 heterocycles. The number of nitrogens with one attached hydrogen (secondary N) is 1. The molecule has 0 aliphatic carbocycles.